The first-order valence-electron chi connectivity index (χ1n) is 10.5. The van der Waals surface area contributed by atoms with E-state index < -0.39 is 0 Å². The van der Waals surface area contributed by atoms with Crippen molar-refractivity contribution in [3.05, 3.63) is 23.5 Å². The molecule has 0 saturated heterocycles. The first kappa shape index (κ1) is 16.5. The number of rotatable bonds is 6. The quantitative estimate of drug-likeness (QED) is 0.822. The summed E-state index contributed by atoms with van der Waals surface area (Å²) in [6, 6.07) is 3.09. The molecule has 2 atom stereocenters. The smallest absolute Gasteiger partial charge is 0.161 e. The number of aromatic nitrogens is 3. The number of anilines is 1. The van der Waals surface area contributed by atoms with Crippen LogP contribution in [0.1, 0.15) is 81.9 Å². The minimum Gasteiger partial charge on any atom is -0.367 e. The number of fused-ring (bicyclic) bond motifs is 1. The second-order valence-corrected chi connectivity index (χ2v) is 9.17. The summed E-state index contributed by atoms with van der Waals surface area (Å²) in [5.74, 6) is 3.91. The Morgan fingerprint density at radius 3 is 2.42 bits per heavy atom. The summed E-state index contributed by atoms with van der Waals surface area (Å²) < 4.78 is 2.03. The second-order valence-electron chi connectivity index (χ2n) is 9.17. The maximum absolute atomic E-state index is 6.13. The molecule has 26 heavy (non-hydrogen) atoms. The molecule has 2 aromatic rings. The molecule has 0 aliphatic heterocycles. The van der Waals surface area contributed by atoms with Gasteiger partial charge in [0.1, 0.15) is 5.82 Å². The first-order valence-corrected chi connectivity index (χ1v) is 10.5. The lowest BCUT2D eigenvalue weighted by atomic mass is 9.93. The van der Waals surface area contributed by atoms with Gasteiger partial charge in [-0.2, -0.15) is 9.61 Å². The number of nitrogens with one attached hydrogen (secondary N) is 1. The molecule has 3 N–H and O–H groups in total. The van der Waals surface area contributed by atoms with E-state index in [1.54, 1.807) is 0 Å². The van der Waals surface area contributed by atoms with Crippen molar-refractivity contribution in [1.29, 1.82) is 0 Å². The van der Waals surface area contributed by atoms with Crippen LogP contribution in [0.5, 0.6) is 0 Å². The van der Waals surface area contributed by atoms with Crippen molar-refractivity contribution in [2.45, 2.75) is 82.7 Å². The largest absolute Gasteiger partial charge is 0.367 e. The zero-order valence-electron chi connectivity index (χ0n) is 16.0. The van der Waals surface area contributed by atoms with Crippen molar-refractivity contribution in [1.82, 2.24) is 14.6 Å². The molecule has 3 aliphatic carbocycles. The fraction of sp³-hybridized carbons (Fsp3) is 0.714. The summed E-state index contributed by atoms with van der Waals surface area (Å²) in [5.41, 5.74) is 9.74. The molecule has 5 nitrogen and oxygen atoms in total. The molecule has 5 heteroatoms. The lowest BCUT2D eigenvalue weighted by Gasteiger charge is -2.20. The number of hydrogen-bond acceptors (Lipinski definition) is 4. The van der Waals surface area contributed by atoms with Gasteiger partial charge in [0, 0.05) is 29.6 Å². The van der Waals surface area contributed by atoms with Crippen LogP contribution in [0.25, 0.3) is 5.65 Å². The highest BCUT2D eigenvalue weighted by molar-refractivity contribution is 5.56. The third-order valence-electron chi connectivity index (χ3n) is 6.57. The Morgan fingerprint density at radius 2 is 1.85 bits per heavy atom. The average Bonchev–Trinajstić information content (AvgIpc) is 3.52. The van der Waals surface area contributed by atoms with Gasteiger partial charge >= 0.3 is 0 Å². The summed E-state index contributed by atoms with van der Waals surface area (Å²) >= 11 is 0. The van der Waals surface area contributed by atoms with Crippen LogP contribution in [0.2, 0.25) is 0 Å². The predicted molar refractivity (Wildman–Crippen MR) is 105 cm³/mol. The Kier molecular flexibility index (Phi) is 3.96. The highest BCUT2D eigenvalue weighted by atomic mass is 15.3. The van der Waals surface area contributed by atoms with Gasteiger partial charge in [0.15, 0.2) is 5.65 Å². The summed E-state index contributed by atoms with van der Waals surface area (Å²) in [4.78, 5) is 5.17. The fourth-order valence-electron chi connectivity index (χ4n) is 4.81. The molecular formula is C21H31N5. The van der Waals surface area contributed by atoms with Gasteiger partial charge < -0.3 is 11.1 Å². The standard InChI is InChI=1S/C21H31N5/c1-12(2)17-11-23-26-19(24-16-8-7-15(22)9-16)10-18(25-21(17)26)20(13-3-4-13)14-5-6-14/h10-16,20,24H,3-9,22H2,1-2H3/t15-,16-/m0/s1. The van der Waals surface area contributed by atoms with Crippen LogP contribution < -0.4 is 11.1 Å². The summed E-state index contributed by atoms with van der Waals surface area (Å²) in [5, 5.41) is 8.44. The van der Waals surface area contributed by atoms with Crippen molar-refractivity contribution in [2.24, 2.45) is 17.6 Å². The zero-order chi connectivity index (χ0) is 17.8. The van der Waals surface area contributed by atoms with Crippen LogP contribution in [0, 0.1) is 11.8 Å². The molecule has 5 rings (SSSR count). The average molecular weight is 354 g/mol. The Bertz CT molecular complexity index is 790. The molecule has 3 aliphatic rings. The molecular weight excluding hydrogens is 322 g/mol. The Hall–Kier alpha value is -1.62. The number of nitrogens with two attached hydrogens (primary N) is 1. The van der Waals surface area contributed by atoms with E-state index in [4.69, 9.17) is 10.7 Å². The first-order chi connectivity index (χ1) is 12.6. The molecule has 0 aromatic carbocycles. The van der Waals surface area contributed by atoms with Crippen LogP contribution in [-0.4, -0.2) is 26.7 Å². The van der Waals surface area contributed by atoms with Crippen LogP contribution in [0.4, 0.5) is 5.82 Å². The van der Waals surface area contributed by atoms with Crippen LogP contribution in [0.3, 0.4) is 0 Å². The molecule has 3 saturated carbocycles. The topological polar surface area (TPSA) is 68.2 Å². The van der Waals surface area contributed by atoms with Crippen LogP contribution in [-0.2, 0) is 0 Å². The maximum Gasteiger partial charge on any atom is 0.161 e. The van der Waals surface area contributed by atoms with Crippen molar-refractivity contribution in [3.63, 3.8) is 0 Å². The van der Waals surface area contributed by atoms with Crippen LogP contribution in [0.15, 0.2) is 12.3 Å². The van der Waals surface area contributed by atoms with E-state index in [1.807, 2.05) is 10.7 Å². The van der Waals surface area contributed by atoms with E-state index in [2.05, 4.69) is 30.3 Å². The van der Waals surface area contributed by atoms with Crippen LogP contribution >= 0.6 is 0 Å². The van der Waals surface area contributed by atoms with Gasteiger partial charge in [0.2, 0.25) is 0 Å². The van der Waals surface area contributed by atoms with Crippen molar-refractivity contribution < 1.29 is 0 Å². The third-order valence-corrected chi connectivity index (χ3v) is 6.57. The van der Waals surface area contributed by atoms with Crippen molar-refractivity contribution in [2.75, 3.05) is 5.32 Å². The normalized spacial score (nSPS) is 26.3. The minimum absolute atomic E-state index is 0.332. The molecule has 0 radical (unpaired) electrons. The molecule has 0 bridgehead atoms. The van der Waals surface area contributed by atoms with Gasteiger partial charge in [-0.25, -0.2) is 4.98 Å². The van der Waals surface area contributed by atoms with E-state index >= 15 is 0 Å². The monoisotopic (exact) mass is 353 g/mol. The lowest BCUT2D eigenvalue weighted by molar-refractivity contribution is 0.524. The van der Waals surface area contributed by atoms with Crippen molar-refractivity contribution >= 4 is 11.5 Å². The Labute approximate surface area is 155 Å². The van der Waals surface area contributed by atoms with Gasteiger partial charge in [0.05, 0.1) is 11.9 Å². The van der Waals surface area contributed by atoms with E-state index in [-0.39, 0.29) is 0 Å². The molecule has 0 amide bonds. The Balaban J connectivity index is 1.57. The Morgan fingerprint density at radius 1 is 1.12 bits per heavy atom. The third kappa shape index (κ3) is 3.00. The second kappa shape index (κ2) is 6.22. The molecule has 2 heterocycles. The molecule has 140 valence electrons. The van der Waals surface area contributed by atoms with E-state index in [0.29, 0.717) is 23.9 Å². The zero-order valence-corrected chi connectivity index (χ0v) is 16.0. The SMILES string of the molecule is CC(C)c1cnn2c(N[C@H]3CC[C@H](N)C3)cc(C(C3CC3)C3CC3)nc12. The molecule has 0 unspecified atom stereocenters. The number of hydrogen-bond donors (Lipinski definition) is 2. The van der Waals surface area contributed by atoms with E-state index in [0.717, 1.165) is 42.6 Å². The summed E-state index contributed by atoms with van der Waals surface area (Å²) in [7, 11) is 0. The minimum atomic E-state index is 0.332. The molecule has 0 spiro atoms. The number of nitrogens with zero attached hydrogens (tertiary/aromatic N) is 3. The van der Waals surface area contributed by atoms with E-state index in [1.165, 1.54) is 36.9 Å². The molecule has 3 fully saturated rings. The highest BCUT2D eigenvalue weighted by Gasteiger charge is 2.43. The summed E-state index contributed by atoms with van der Waals surface area (Å²) in [6.07, 6.45) is 10.8. The van der Waals surface area contributed by atoms with Gasteiger partial charge in [-0.15, -0.1) is 0 Å². The van der Waals surface area contributed by atoms with Gasteiger partial charge in [-0.3, -0.25) is 0 Å². The predicted octanol–water partition coefficient (Wildman–Crippen LogP) is 4.05. The van der Waals surface area contributed by atoms with Gasteiger partial charge in [-0.1, -0.05) is 13.8 Å². The van der Waals surface area contributed by atoms with Crippen molar-refractivity contribution in [3.8, 4) is 0 Å². The van der Waals surface area contributed by atoms with Gasteiger partial charge in [-0.05, 0) is 62.7 Å². The van der Waals surface area contributed by atoms with E-state index in [9.17, 15) is 0 Å². The lowest BCUT2D eigenvalue weighted by Crippen LogP contribution is -2.22. The molecule has 2 aromatic heterocycles. The summed E-state index contributed by atoms with van der Waals surface area (Å²) in [6.45, 7) is 4.46. The fourth-order valence-corrected chi connectivity index (χ4v) is 4.81. The highest BCUT2D eigenvalue weighted by Crippen LogP contribution is 2.54. The maximum atomic E-state index is 6.13. The van der Waals surface area contributed by atoms with Gasteiger partial charge in [0.25, 0.3) is 0 Å².